The number of morpholine rings is 1. The molecule has 2 aliphatic heterocycles. The van der Waals surface area contributed by atoms with Crippen LogP contribution in [-0.4, -0.2) is 49.7 Å². The molecule has 92 valence electrons. The number of rotatable bonds is 2. The number of ether oxygens (including phenoxy) is 1. The minimum atomic E-state index is 0.253. The van der Waals surface area contributed by atoms with E-state index in [1.54, 1.807) is 0 Å². The molecule has 0 aromatic rings. The topological polar surface area (TPSA) is 41.6 Å². The monoisotopic (exact) mass is 226 g/mol. The van der Waals surface area contributed by atoms with Gasteiger partial charge in [-0.1, -0.05) is 0 Å². The average molecular weight is 226 g/mol. The fraction of sp³-hybridized carbons (Fsp3) is 0.917. The van der Waals surface area contributed by atoms with Gasteiger partial charge in [0, 0.05) is 13.0 Å². The molecule has 2 heterocycles. The molecule has 0 aromatic carbocycles. The van der Waals surface area contributed by atoms with E-state index in [-0.39, 0.29) is 6.04 Å². The van der Waals surface area contributed by atoms with Crippen molar-refractivity contribution in [1.29, 1.82) is 0 Å². The maximum absolute atomic E-state index is 12.1. The van der Waals surface area contributed by atoms with Crippen LogP contribution >= 0.6 is 0 Å². The predicted molar refractivity (Wildman–Crippen MR) is 62.2 cm³/mol. The van der Waals surface area contributed by atoms with Gasteiger partial charge in [-0.25, -0.2) is 0 Å². The van der Waals surface area contributed by atoms with Gasteiger partial charge in [0.15, 0.2) is 0 Å². The van der Waals surface area contributed by atoms with Crippen molar-refractivity contribution in [1.82, 2.24) is 10.2 Å². The summed E-state index contributed by atoms with van der Waals surface area (Å²) in [6.07, 6.45) is 3.01. The first-order valence-corrected chi connectivity index (χ1v) is 6.35. The van der Waals surface area contributed by atoms with Gasteiger partial charge in [0.2, 0.25) is 5.91 Å². The molecular formula is C12H22N2O2. The van der Waals surface area contributed by atoms with Gasteiger partial charge in [0.1, 0.15) is 0 Å². The van der Waals surface area contributed by atoms with Crippen molar-refractivity contribution in [3.63, 3.8) is 0 Å². The lowest BCUT2D eigenvalue weighted by molar-refractivity contribution is -0.140. The molecule has 0 radical (unpaired) electrons. The lowest BCUT2D eigenvalue weighted by Crippen LogP contribution is -2.47. The van der Waals surface area contributed by atoms with E-state index >= 15 is 0 Å². The van der Waals surface area contributed by atoms with Gasteiger partial charge in [0.25, 0.3) is 0 Å². The summed E-state index contributed by atoms with van der Waals surface area (Å²) in [5.41, 5.74) is 0. The minimum Gasteiger partial charge on any atom is -0.377 e. The molecule has 16 heavy (non-hydrogen) atoms. The quantitative estimate of drug-likeness (QED) is 0.750. The SMILES string of the molecule is C[C@@H]1COCCN1C(=O)CC1CCNCC1. The van der Waals surface area contributed by atoms with Crippen LogP contribution in [0.3, 0.4) is 0 Å². The third-order valence-electron chi connectivity index (χ3n) is 3.61. The minimum absolute atomic E-state index is 0.253. The standard InChI is InChI=1S/C12H22N2O2/c1-10-9-16-7-6-14(10)12(15)8-11-2-4-13-5-3-11/h10-11,13H,2-9H2,1H3/t10-/m1/s1. The molecule has 2 fully saturated rings. The van der Waals surface area contributed by atoms with E-state index in [0.717, 1.165) is 38.9 Å². The summed E-state index contributed by atoms with van der Waals surface area (Å²) in [6, 6.07) is 0.253. The largest absolute Gasteiger partial charge is 0.377 e. The Balaban J connectivity index is 1.81. The maximum Gasteiger partial charge on any atom is 0.223 e. The van der Waals surface area contributed by atoms with Gasteiger partial charge in [-0.3, -0.25) is 4.79 Å². The number of amides is 1. The highest BCUT2D eigenvalue weighted by Crippen LogP contribution is 2.18. The number of carbonyl (C=O) groups is 1. The second-order valence-electron chi connectivity index (χ2n) is 4.91. The van der Waals surface area contributed by atoms with E-state index in [9.17, 15) is 4.79 Å². The van der Waals surface area contributed by atoms with E-state index in [2.05, 4.69) is 12.2 Å². The van der Waals surface area contributed by atoms with E-state index in [1.165, 1.54) is 0 Å². The van der Waals surface area contributed by atoms with Gasteiger partial charge in [-0.2, -0.15) is 0 Å². The Bertz CT molecular complexity index is 239. The smallest absolute Gasteiger partial charge is 0.223 e. The second-order valence-corrected chi connectivity index (χ2v) is 4.91. The van der Waals surface area contributed by atoms with E-state index in [0.29, 0.717) is 25.0 Å². The summed E-state index contributed by atoms with van der Waals surface area (Å²) in [6.45, 7) is 6.36. The number of piperidine rings is 1. The molecule has 0 aromatic heterocycles. The number of nitrogens with zero attached hydrogens (tertiary/aromatic N) is 1. The Morgan fingerprint density at radius 1 is 1.44 bits per heavy atom. The van der Waals surface area contributed by atoms with Crippen molar-refractivity contribution in [3.8, 4) is 0 Å². The Hall–Kier alpha value is -0.610. The van der Waals surface area contributed by atoms with E-state index in [4.69, 9.17) is 4.74 Å². The lowest BCUT2D eigenvalue weighted by Gasteiger charge is -2.34. The van der Waals surface area contributed by atoms with Gasteiger partial charge in [-0.15, -0.1) is 0 Å². The van der Waals surface area contributed by atoms with Crippen LogP contribution < -0.4 is 5.32 Å². The summed E-state index contributed by atoms with van der Waals surface area (Å²) in [5.74, 6) is 0.909. The van der Waals surface area contributed by atoms with Crippen molar-refractivity contribution in [2.75, 3.05) is 32.8 Å². The molecule has 0 unspecified atom stereocenters. The van der Waals surface area contributed by atoms with Crippen LogP contribution in [0.15, 0.2) is 0 Å². The number of hydrogen-bond donors (Lipinski definition) is 1. The molecule has 2 saturated heterocycles. The molecule has 4 nitrogen and oxygen atoms in total. The fourth-order valence-corrected chi connectivity index (χ4v) is 2.55. The lowest BCUT2D eigenvalue weighted by atomic mass is 9.94. The average Bonchev–Trinajstić information content (AvgIpc) is 2.31. The second kappa shape index (κ2) is 5.64. The Morgan fingerprint density at radius 2 is 2.19 bits per heavy atom. The van der Waals surface area contributed by atoms with Crippen molar-refractivity contribution in [2.45, 2.75) is 32.2 Å². The van der Waals surface area contributed by atoms with Crippen LogP contribution in [0.5, 0.6) is 0 Å². The fourth-order valence-electron chi connectivity index (χ4n) is 2.55. The molecule has 4 heteroatoms. The molecular weight excluding hydrogens is 204 g/mol. The van der Waals surface area contributed by atoms with Gasteiger partial charge >= 0.3 is 0 Å². The Morgan fingerprint density at radius 3 is 2.88 bits per heavy atom. The molecule has 2 rings (SSSR count). The van der Waals surface area contributed by atoms with E-state index < -0.39 is 0 Å². The normalized spacial score (nSPS) is 28.1. The zero-order chi connectivity index (χ0) is 11.4. The zero-order valence-electron chi connectivity index (χ0n) is 10.1. The molecule has 1 N–H and O–H groups in total. The number of nitrogens with one attached hydrogen (secondary N) is 1. The van der Waals surface area contributed by atoms with Crippen LogP contribution in [0.4, 0.5) is 0 Å². The van der Waals surface area contributed by atoms with Gasteiger partial charge < -0.3 is 15.0 Å². The number of hydrogen-bond acceptors (Lipinski definition) is 3. The summed E-state index contributed by atoms with van der Waals surface area (Å²) < 4.78 is 5.35. The zero-order valence-corrected chi connectivity index (χ0v) is 10.1. The van der Waals surface area contributed by atoms with Crippen LogP contribution in [0.2, 0.25) is 0 Å². The molecule has 0 spiro atoms. The molecule has 0 aliphatic carbocycles. The van der Waals surface area contributed by atoms with E-state index in [1.807, 2.05) is 4.90 Å². The molecule has 2 aliphatic rings. The van der Waals surface area contributed by atoms with Crippen molar-refractivity contribution in [2.24, 2.45) is 5.92 Å². The first-order valence-electron chi connectivity index (χ1n) is 6.35. The Labute approximate surface area is 97.3 Å². The highest BCUT2D eigenvalue weighted by Gasteiger charge is 2.26. The van der Waals surface area contributed by atoms with Crippen LogP contribution in [0.1, 0.15) is 26.2 Å². The highest BCUT2D eigenvalue weighted by atomic mass is 16.5. The third-order valence-corrected chi connectivity index (χ3v) is 3.61. The van der Waals surface area contributed by atoms with Gasteiger partial charge in [-0.05, 0) is 38.8 Å². The summed E-state index contributed by atoms with van der Waals surface area (Å²) >= 11 is 0. The van der Waals surface area contributed by atoms with Crippen molar-refractivity contribution in [3.05, 3.63) is 0 Å². The Kier molecular flexibility index (Phi) is 4.18. The van der Waals surface area contributed by atoms with Gasteiger partial charge in [0.05, 0.1) is 19.3 Å². The van der Waals surface area contributed by atoms with Crippen LogP contribution in [-0.2, 0) is 9.53 Å². The highest BCUT2D eigenvalue weighted by molar-refractivity contribution is 5.76. The summed E-state index contributed by atoms with van der Waals surface area (Å²) in [5, 5.41) is 3.33. The van der Waals surface area contributed by atoms with Crippen molar-refractivity contribution >= 4 is 5.91 Å². The predicted octanol–water partition coefficient (Wildman–Crippen LogP) is 0.623. The maximum atomic E-state index is 12.1. The third kappa shape index (κ3) is 2.95. The van der Waals surface area contributed by atoms with Crippen LogP contribution in [0, 0.1) is 5.92 Å². The summed E-state index contributed by atoms with van der Waals surface area (Å²) in [7, 11) is 0. The molecule has 1 atom stereocenters. The molecule has 1 amide bonds. The summed E-state index contributed by atoms with van der Waals surface area (Å²) in [4.78, 5) is 14.1. The van der Waals surface area contributed by atoms with Crippen LogP contribution in [0.25, 0.3) is 0 Å². The first kappa shape index (κ1) is 11.9. The van der Waals surface area contributed by atoms with Crippen molar-refractivity contribution < 1.29 is 9.53 Å². The first-order chi connectivity index (χ1) is 7.77. The molecule has 0 saturated carbocycles. The number of carbonyl (C=O) groups excluding carboxylic acids is 1. The molecule has 0 bridgehead atoms.